The first-order valence-corrected chi connectivity index (χ1v) is 7.58. The Morgan fingerprint density at radius 2 is 1.83 bits per heavy atom. The van der Waals surface area contributed by atoms with Crippen molar-refractivity contribution >= 4 is 5.97 Å². The van der Waals surface area contributed by atoms with Crippen LogP contribution in [0, 0.1) is 11.8 Å². The van der Waals surface area contributed by atoms with E-state index in [9.17, 15) is 9.90 Å². The summed E-state index contributed by atoms with van der Waals surface area (Å²) in [7, 11) is 0. The Balaban J connectivity index is 2.09. The van der Waals surface area contributed by atoms with Crippen molar-refractivity contribution in [2.45, 2.75) is 70.9 Å². The quantitative estimate of drug-likeness (QED) is 0.769. The molecule has 0 aromatic rings. The average Bonchev–Trinajstić information content (AvgIpc) is 2.54. The van der Waals surface area contributed by atoms with Crippen LogP contribution in [0.2, 0.25) is 0 Å². The first kappa shape index (κ1) is 13.9. The van der Waals surface area contributed by atoms with Crippen LogP contribution in [0.4, 0.5) is 0 Å². The molecule has 104 valence electrons. The normalized spacial score (nSPS) is 39.2. The number of piperidine rings is 1. The highest BCUT2D eigenvalue weighted by Gasteiger charge is 2.37. The Kier molecular flexibility index (Phi) is 4.66. The van der Waals surface area contributed by atoms with Crippen LogP contribution in [0.25, 0.3) is 0 Å². The summed E-state index contributed by atoms with van der Waals surface area (Å²) in [5.74, 6) is 0.0846. The van der Waals surface area contributed by atoms with Crippen LogP contribution in [-0.2, 0) is 4.79 Å². The Morgan fingerprint density at radius 1 is 1.11 bits per heavy atom. The van der Waals surface area contributed by atoms with Gasteiger partial charge in [0.05, 0.1) is 5.92 Å². The predicted octanol–water partition coefficient (Wildman–Crippen LogP) is 3.14. The molecule has 1 aliphatic heterocycles. The summed E-state index contributed by atoms with van der Waals surface area (Å²) in [6.45, 7) is 5.69. The number of rotatable bonds is 2. The van der Waals surface area contributed by atoms with E-state index in [0.29, 0.717) is 6.04 Å². The number of carbonyl (C=O) groups is 1. The van der Waals surface area contributed by atoms with Crippen LogP contribution in [0.15, 0.2) is 0 Å². The molecule has 18 heavy (non-hydrogen) atoms. The Morgan fingerprint density at radius 3 is 2.50 bits per heavy atom. The maximum Gasteiger partial charge on any atom is 0.308 e. The molecule has 0 aromatic heterocycles. The summed E-state index contributed by atoms with van der Waals surface area (Å²) in [6.07, 6.45) is 7.91. The third kappa shape index (κ3) is 3.05. The lowest BCUT2D eigenvalue weighted by atomic mass is 9.87. The van der Waals surface area contributed by atoms with Gasteiger partial charge in [0.2, 0.25) is 0 Å². The minimum Gasteiger partial charge on any atom is -0.481 e. The van der Waals surface area contributed by atoms with Gasteiger partial charge in [-0.05, 0) is 45.1 Å². The Hall–Kier alpha value is -0.570. The van der Waals surface area contributed by atoms with Gasteiger partial charge in [0.25, 0.3) is 0 Å². The van der Waals surface area contributed by atoms with Gasteiger partial charge in [-0.25, -0.2) is 0 Å². The standard InChI is InChI=1S/C15H27NO2/c1-11-8-9-16(12(2)10-11)14-7-5-3-4-6-13(14)15(17)18/h11-14H,3-10H2,1-2H3,(H,17,18). The molecule has 0 aromatic carbocycles. The van der Waals surface area contributed by atoms with Crippen LogP contribution in [0.5, 0.6) is 0 Å². The number of carboxylic acid groups (broad SMARTS) is 1. The molecule has 4 unspecified atom stereocenters. The van der Waals surface area contributed by atoms with E-state index >= 15 is 0 Å². The first-order chi connectivity index (χ1) is 8.59. The smallest absolute Gasteiger partial charge is 0.308 e. The second-order valence-corrected chi connectivity index (χ2v) is 6.37. The molecule has 4 atom stereocenters. The highest BCUT2D eigenvalue weighted by atomic mass is 16.4. The summed E-state index contributed by atoms with van der Waals surface area (Å²) in [5, 5.41) is 9.48. The summed E-state index contributed by atoms with van der Waals surface area (Å²) in [4.78, 5) is 14.0. The number of hydrogen-bond donors (Lipinski definition) is 1. The highest BCUT2D eigenvalue weighted by Crippen LogP contribution is 2.33. The number of nitrogens with zero attached hydrogens (tertiary/aromatic N) is 1. The van der Waals surface area contributed by atoms with E-state index in [1.54, 1.807) is 0 Å². The minimum atomic E-state index is -0.576. The molecule has 0 bridgehead atoms. The minimum absolute atomic E-state index is 0.136. The van der Waals surface area contributed by atoms with E-state index < -0.39 is 5.97 Å². The summed E-state index contributed by atoms with van der Waals surface area (Å²) in [5.41, 5.74) is 0. The van der Waals surface area contributed by atoms with E-state index in [1.807, 2.05) is 0 Å². The van der Waals surface area contributed by atoms with Gasteiger partial charge in [-0.3, -0.25) is 9.69 Å². The number of aliphatic carboxylic acids is 1. The van der Waals surface area contributed by atoms with E-state index in [1.165, 1.54) is 25.7 Å². The largest absolute Gasteiger partial charge is 0.481 e. The molecule has 0 radical (unpaired) electrons. The van der Waals surface area contributed by atoms with E-state index in [2.05, 4.69) is 18.7 Å². The zero-order valence-electron chi connectivity index (χ0n) is 11.8. The molecule has 3 heteroatoms. The van der Waals surface area contributed by atoms with Gasteiger partial charge in [0, 0.05) is 12.1 Å². The molecular weight excluding hydrogens is 226 g/mol. The molecule has 1 saturated carbocycles. The summed E-state index contributed by atoms with van der Waals surface area (Å²) < 4.78 is 0. The SMILES string of the molecule is CC1CCN(C2CCCCCC2C(=O)O)C(C)C1. The lowest BCUT2D eigenvalue weighted by Crippen LogP contribution is -2.51. The first-order valence-electron chi connectivity index (χ1n) is 7.58. The fraction of sp³-hybridized carbons (Fsp3) is 0.933. The van der Waals surface area contributed by atoms with Gasteiger partial charge in [-0.2, -0.15) is 0 Å². The van der Waals surface area contributed by atoms with E-state index in [0.717, 1.165) is 31.7 Å². The van der Waals surface area contributed by atoms with Crippen molar-refractivity contribution < 1.29 is 9.90 Å². The number of carboxylic acids is 1. The number of hydrogen-bond acceptors (Lipinski definition) is 2. The van der Waals surface area contributed by atoms with Crippen molar-refractivity contribution in [3.8, 4) is 0 Å². The van der Waals surface area contributed by atoms with Crippen LogP contribution in [0.1, 0.15) is 58.8 Å². The lowest BCUT2D eigenvalue weighted by Gasteiger charge is -2.43. The molecule has 3 nitrogen and oxygen atoms in total. The highest BCUT2D eigenvalue weighted by molar-refractivity contribution is 5.71. The predicted molar refractivity (Wildman–Crippen MR) is 72.6 cm³/mol. The van der Waals surface area contributed by atoms with Crippen molar-refractivity contribution in [1.29, 1.82) is 0 Å². The van der Waals surface area contributed by atoms with Crippen molar-refractivity contribution in [3.05, 3.63) is 0 Å². The lowest BCUT2D eigenvalue weighted by molar-refractivity contribution is -0.145. The second-order valence-electron chi connectivity index (χ2n) is 6.37. The summed E-state index contributed by atoms with van der Waals surface area (Å²) in [6, 6.07) is 0.839. The second kappa shape index (κ2) is 6.05. The van der Waals surface area contributed by atoms with E-state index in [-0.39, 0.29) is 12.0 Å². The molecule has 2 aliphatic rings. The molecule has 0 amide bonds. The van der Waals surface area contributed by atoms with E-state index in [4.69, 9.17) is 0 Å². The van der Waals surface area contributed by atoms with Gasteiger partial charge in [-0.15, -0.1) is 0 Å². The fourth-order valence-electron chi connectivity index (χ4n) is 3.89. The van der Waals surface area contributed by atoms with Crippen molar-refractivity contribution in [3.63, 3.8) is 0 Å². The zero-order chi connectivity index (χ0) is 13.1. The zero-order valence-corrected chi connectivity index (χ0v) is 11.8. The van der Waals surface area contributed by atoms with Crippen molar-refractivity contribution in [2.24, 2.45) is 11.8 Å². The molecule has 2 rings (SSSR count). The van der Waals surface area contributed by atoms with Gasteiger partial charge < -0.3 is 5.11 Å². The van der Waals surface area contributed by atoms with Gasteiger partial charge >= 0.3 is 5.97 Å². The van der Waals surface area contributed by atoms with Gasteiger partial charge in [0.15, 0.2) is 0 Å². The third-order valence-electron chi connectivity index (χ3n) is 4.91. The van der Waals surface area contributed by atoms with Gasteiger partial charge in [0.1, 0.15) is 0 Å². The Bertz CT molecular complexity index is 292. The fourth-order valence-corrected chi connectivity index (χ4v) is 3.89. The molecule has 0 spiro atoms. The van der Waals surface area contributed by atoms with Crippen LogP contribution >= 0.6 is 0 Å². The Labute approximate surface area is 111 Å². The van der Waals surface area contributed by atoms with Crippen LogP contribution < -0.4 is 0 Å². The molecule has 1 saturated heterocycles. The van der Waals surface area contributed by atoms with Gasteiger partial charge in [-0.1, -0.05) is 26.2 Å². The maximum absolute atomic E-state index is 11.5. The molecule has 2 fully saturated rings. The number of likely N-dealkylation sites (tertiary alicyclic amines) is 1. The topological polar surface area (TPSA) is 40.5 Å². The van der Waals surface area contributed by atoms with Crippen molar-refractivity contribution in [2.75, 3.05) is 6.54 Å². The summed E-state index contributed by atoms with van der Waals surface area (Å²) >= 11 is 0. The molecule has 1 aliphatic carbocycles. The average molecular weight is 253 g/mol. The monoisotopic (exact) mass is 253 g/mol. The molecular formula is C15H27NO2. The third-order valence-corrected chi connectivity index (χ3v) is 4.91. The van der Waals surface area contributed by atoms with Crippen LogP contribution in [0.3, 0.4) is 0 Å². The molecule has 1 heterocycles. The van der Waals surface area contributed by atoms with Crippen LogP contribution in [-0.4, -0.2) is 34.6 Å². The maximum atomic E-state index is 11.5. The molecule has 1 N–H and O–H groups in total. The van der Waals surface area contributed by atoms with Crippen molar-refractivity contribution in [1.82, 2.24) is 4.90 Å².